The molecule has 114 valence electrons. The Morgan fingerprint density at radius 1 is 1.57 bits per heavy atom. The van der Waals surface area contributed by atoms with Gasteiger partial charge in [0.05, 0.1) is 6.04 Å². The highest BCUT2D eigenvalue weighted by Gasteiger charge is 2.48. The van der Waals surface area contributed by atoms with Crippen LogP contribution in [0.5, 0.6) is 5.75 Å². The Morgan fingerprint density at radius 3 is 3.00 bits per heavy atom. The van der Waals surface area contributed by atoms with Crippen LogP contribution in [0, 0.1) is 0 Å². The molecule has 1 aromatic rings. The van der Waals surface area contributed by atoms with Crippen LogP contribution in [0.1, 0.15) is 50.8 Å². The summed E-state index contributed by atoms with van der Waals surface area (Å²) in [6, 6.07) is 6.74. The van der Waals surface area contributed by atoms with Gasteiger partial charge in [-0.1, -0.05) is 13.0 Å². The average Bonchev–Trinajstić information content (AvgIpc) is 2.45. The van der Waals surface area contributed by atoms with Gasteiger partial charge in [0, 0.05) is 23.9 Å². The van der Waals surface area contributed by atoms with Crippen molar-refractivity contribution in [1.82, 2.24) is 10.2 Å². The fourth-order valence-electron chi connectivity index (χ4n) is 3.37. The minimum Gasteiger partial charge on any atom is -0.468 e. The molecule has 3 atom stereocenters. The lowest BCUT2D eigenvalue weighted by Crippen LogP contribution is -2.66. The van der Waals surface area contributed by atoms with Crippen LogP contribution in [0.2, 0.25) is 0 Å². The number of fused-ring (bicyclic) bond motifs is 4. The molecular formula is C16H21ClN2OS. The molecule has 1 saturated heterocycles. The van der Waals surface area contributed by atoms with E-state index in [2.05, 4.69) is 37.1 Å². The minimum atomic E-state index is -0.377. The van der Waals surface area contributed by atoms with Crippen LogP contribution in [-0.4, -0.2) is 21.8 Å². The number of ether oxygens (including phenoxy) is 1. The van der Waals surface area contributed by atoms with E-state index in [0.29, 0.717) is 11.9 Å². The largest absolute Gasteiger partial charge is 0.468 e. The fraction of sp³-hybridized carbons (Fsp3) is 0.562. The summed E-state index contributed by atoms with van der Waals surface area (Å²) in [7, 11) is 0. The lowest BCUT2D eigenvalue weighted by molar-refractivity contribution is -0.0840. The van der Waals surface area contributed by atoms with E-state index in [-0.39, 0.29) is 11.8 Å². The van der Waals surface area contributed by atoms with E-state index in [1.54, 1.807) is 0 Å². The number of nitrogens with one attached hydrogen (secondary N) is 1. The molecule has 1 fully saturated rings. The summed E-state index contributed by atoms with van der Waals surface area (Å²) in [5, 5.41) is 4.26. The Kier molecular flexibility index (Phi) is 3.78. The third-order valence-corrected chi connectivity index (χ3v) is 5.20. The number of hydrogen-bond acceptors (Lipinski definition) is 2. The van der Waals surface area contributed by atoms with E-state index in [0.717, 1.165) is 34.8 Å². The minimum absolute atomic E-state index is 0.203. The Balaban J connectivity index is 2.02. The molecular weight excluding hydrogens is 304 g/mol. The standard InChI is InChI=1S/C16H21ClN2OS/c1-4-10(2)19-15(21)18-13-8-16(19,3)20-14-6-5-11(9-17)7-12(13)14/h5-7,10,13H,4,8-9H2,1-3H3,(H,18,21). The van der Waals surface area contributed by atoms with Gasteiger partial charge < -0.3 is 15.0 Å². The SMILES string of the molecule is CCC(C)N1C(=S)NC2CC1(C)Oc1ccc(CCl)cc12. The Bertz CT molecular complexity index is 579. The van der Waals surface area contributed by atoms with Crippen molar-refractivity contribution in [2.24, 2.45) is 0 Å². The van der Waals surface area contributed by atoms with E-state index < -0.39 is 0 Å². The first-order chi connectivity index (χ1) is 9.98. The fourth-order valence-corrected chi connectivity index (χ4v) is 4.05. The van der Waals surface area contributed by atoms with Gasteiger partial charge in [0.25, 0.3) is 0 Å². The molecule has 2 aliphatic rings. The summed E-state index contributed by atoms with van der Waals surface area (Å²) in [4.78, 5) is 2.21. The molecule has 2 heterocycles. The maximum atomic E-state index is 6.35. The van der Waals surface area contributed by atoms with E-state index in [1.165, 1.54) is 0 Å². The average molecular weight is 325 g/mol. The molecule has 0 spiro atoms. The summed E-state index contributed by atoms with van der Waals surface area (Å²) in [6.07, 6.45) is 1.92. The molecule has 0 aromatic heterocycles. The van der Waals surface area contributed by atoms with Gasteiger partial charge >= 0.3 is 0 Å². The molecule has 0 amide bonds. The summed E-state index contributed by atoms with van der Waals surface area (Å²) >= 11 is 11.5. The van der Waals surface area contributed by atoms with Gasteiger partial charge in [-0.3, -0.25) is 0 Å². The van der Waals surface area contributed by atoms with Crippen molar-refractivity contribution in [2.75, 3.05) is 0 Å². The number of alkyl halides is 1. The van der Waals surface area contributed by atoms with Gasteiger partial charge in [-0.15, -0.1) is 11.6 Å². The van der Waals surface area contributed by atoms with E-state index in [1.807, 2.05) is 12.1 Å². The number of benzene rings is 1. The highest BCUT2D eigenvalue weighted by molar-refractivity contribution is 7.80. The number of nitrogens with zero attached hydrogens (tertiary/aromatic N) is 1. The first kappa shape index (κ1) is 14.9. The smallest absolute Gasteiger partial charge is 0.184 e. The van der Waals surface area contributed by atoms with Crippen LogP contribution in [0.15, 0.2) is 18.2 Å². The first-order valence-electron chi connectivity index (χ1n) is 7.46. The van der Waals surface area contributed by atoms with Crippen molar-refractivity contribution in [2.45, 2.75) is 57.3 Å². The predicted molar refractivity (Wildman–Crippen MR) is 89.7 cm³/mol. The van der Waals surface area contributed by atoms with Crippen LogP contribution in [0.4, 0.5) is 0 Å². The predicted octanol–water partition coefficient (Wildman–Crippen LogP) is 3.95. The maximum Gasteiger partial charge on any atom is 0.184 e. The lowest BCUT2D eigenvalue weighted by atomic mass is 9.89. The molecule has 0 saturated carbocycles. The number of rotatable bonds is 3. The monoisotopic (exact) mass is 324 g/mol. The topological polar surface area (TPSA) is 24.5 Å². The van der Waals surface area contributed by atoms with Gasteiger partial charge in [-0.2, -0.15) is 0 Å². The summed E-state index contributed by atoms with van der Waals surface area (Å²) < 4.78 is 6.35. The van der Waals surface area contributed by atoms with Crippen molar-refractivity contribution in [3.05, 3.63) is 29.3 Å². The molecule has 0 aliphatic carbocycles. The highest BCUT2D eigenvalue weighted by Crippen LogP contribution is 2.45. The summed E-state index contributed by atoms with van der Waals surface area (Å²) in [6.45, 7) is 6.50. The van der Waals surface area contributed by atoms with Crippen molar-refractivity contribution < 1.29 is 4.74 Å². The Labute approximate surface area is 136 Å². The van der Waals surface area contributed by atoms with Gasteiger partial charge in [0.2, 0.25) is 0 Å². The second kappa shape index (κ2) is 5.33. The third-order valence-electron chi connectivity index (χ3n) is 4.57. The van der Waals surface area contributed by atoms with Crippen LogP contribution in [-0.2, 0) is 5.88 Å². The van der Waals surface area contributed by atoms with Gasteiger partial charge in [-0.05, 0) is 50.2 Å². The van der Waals surface area contributed by atoms with Crippen molar-refractivity contribution in [3.63, 3.8) is 0 Å². The molecule has 1 N–H and O–H groups in total. The molecule has 3 unspecified atom stereocenters. The quantitative estimate of drug-likeness (QED) is 0.672. The molecule has 21 heavy (non-hydrogen) atoms. The van der Waals surface area contributed by atoms with Crippen LogP contribution < -0.4 is 10.1 Å². The van der Waals surface area contributed by atoms with Crippen molar-refractivity contribution in [1.29, 1.82) is 0 Å². The zero-order valence-corrected chi connectivity index (χ0v) is 14.2. The second-order valence-corrected chi connectivity index (χ2v) is 6.77. The zero-order chi connectivity index (χ0) is 15.2. The molecule has 3 rings (SSSR count). The number of thiocarbonyl (C=S) groups is 1. The summed E-state index contributed by atoms with van der Waals surface area (Å²) in [5.74, 6) is 1.45. The Hall–Kier alpha value is -1.00. The van der Waals surface area contributed by atoms with Gasteiger partial charge in [0.15, 0.2) is 10.8 Å². The second-order valence-electron chi connectivity index (χ2n) is 6.12. The maximum absolute atomic E-state index is 6.35. The van der Waals surface area contributed by atoms with E-state index in [9.17, 15) is 0 Å². The number of halogens is 1. The third kappa shape index (κ3) is 2.38. The molecule has 3 nitrogen and oxygen atoms in total. The molecule has 0 radical (unpaired) electrons. The molecule has 1 aromatic carbocycles. The van der Waals surface area contributed by atoms with E-state index >= 15 is 0 Å². The van der Waals surface area contributed by atoms with Crippen molar-refractivity contribution >= 4 is 28.9 Å². The van der Waals surface area contributed by atoms with Gasteiger partial charge in [-0.25, -0.2) is 0 Å². The lowest BCUT2D eigenvalue weighted by Gasteiger charge is -2.54. The number of hydrogen-bond donors (Lipinski definition) is 1. The van der Waals surface area contributed by atoms with E-state index in [4.69, 9.17) is 28.6 Å². The first-order valence-corrected chi connectivity index (χ1v) is 8.40. The Morgan fingerprint density at radius 2 is 2.33 bits per heavy atom. The van der Waals surface area contributed by atoms with Crippen LogP contribution in [0.25, 0.3) is 0 Å². The zero-order valence-electron chi connectivity index (χ0n) is 12.6. The normalized spacial score (nSPS) is 28.5. The molecule has 2 bridgehead atoms. The highest BCUT2D eigenvalue weighted by atomic mass is 35.5. The van der Waals surface area contributed by atoms with Crippen LogP contribution >= 0.6 is 23.8 Å². The van der Waals surface area contributed by atoms with Crippen LogP contribution in [0.3, 0.4) is 0 Å². The van der Waals surface area contributed by atoms with Gasteiger partial charge in [0.1, 0.15) is 5.75 Å². The molecule has 5 heteroatoms. The molecule has 2 aliphatic heterocycles. The summed E-state index contributed by atoms with van der Waals surface area (Å²) in [5.41, 5.74) is 1.90. The van der Waals surface area contributed by atoms with Crippen molar-refractivity contribution in [3.8, 4) is 5.75 Å².